The lowest BCUT2D eigenvalue weighted by Gasteiger charge is -2.40. The van der Waals surface area contributed by atoms with Crippen LogP contribution in [-0.4, -0.2) is 43.3 Å². The molecule has 1 heterocycles. The van der Waals surface area contributed by atoms with Crippen LogP contribution in [0.1, 0.15) is 16.7 Å². The number of rotatable bonds is 7. The molecule has 190 valence electrons. The number of hydrogen-bond donors (Lipinski definition) is 0. The maximum absolute atomic E-state index is 13.6. The summed E-state index contributed by atoms with van der Waals surface area (Å²) in [5.74, 6) is 0. The number of sulfonamides is 1. The average molecular weight is 531 g/mol. The minimum absolute atomic E-state index is 0.147. The molecule has 4 nitrogen and oxygen atoms in total. The molecule has 37 heavy (non-hydrogen) atoms. The Morgan fingerprint density at radius 3 is 2.19 bits per heavy atom. The summed E-state index contributed by atoms with van der Waals surface area (Å²) in [7, 11) is -3.58. The van der Waals surface area contributed by atoms with Crippen molar-refractivity contribution < 1.29 is 8.42 Å². The van der Waals surface area contributed by atoms with Gasteiger partial charge < -0.3 is 0 Å². The fourth-order valence-electron chi connectivity index (χ4n) is 5.05. The fourth-order valence-corrected chi connectivity index (χ4v) is 6.91. The van der Waals surface area contributed by atoms with E-state index in [0.717, 1.165) is 28.3 Å². The minimum atomic E-state index is -3.58. The van der Waals surface area contributed by atoms with Crippen LogP contribution in [0.4, 0.5) is 0 Å². The van der Waals surface area contributed by atoms with Gasteiger partial charge in [-0.2, -0.15) is 4.31 Å². The van der Waals surface area contributed by atoms with Gasteiger partial charge in [-0.1, -0.05) is 96.0 Å². The maximum atomic E-state index is 13.6. The molecule has 0 radical (unpaired) electrons. The van der Waals surface area contributed by atoms with E-state index < -0.39 is 10.0 Å². The third-order valence-electron chi connectivity index (χ3n) is 6.97. The van der Waals surface area contributed by atoms with Crippen molar-refractivity contribution in [2.45, 2.75) is 30.8 Å². The lowest BCUT2D eigenvalue weighted by molar-refractivity contribution is 0.129. The largest absolute Gasteiger partial charge is 0.296 e. The molecule has 0 saturated carbocycles. The molecule has 1 aliphatic heterocycles. The third-order valence-corrected chi connectivity index (χ3v) is 9.27. The Morgan fingerprint density at radius 2 is 1.49 bits per heavy atom. The van der Waals surface area contributed by atoms with Crippen molar-refractivity contribution in [3.05, 3.63) is 125 Å². The van der Waals surface area contributed by atoms with Crippen molar-refractivity contribution in [2.75, 3.05) is 19.6 Å². The lowest BCUT2D eigenvalue weighted by atomic mass is 10.0. The number of hydrogen-bond acceptors (Lipinski definition) is 3. The molecule has 0 aromatic heterocycles. The van der Waals surface area contributed by atoms with Gasteiger partial charge in [0.05, 0.1) is 4.90 Å². The topological polar surface area (TPSA) is 40.6 Å². The van der Waals surface area contributed by atoms with Crippen molar-refractivity contribution in [2.24, 2.45) is 0 Å². The molecular weight excluding hydrogens is 500 g/mol. The molecule has 0 amide bonds. The first-order chi connectivity index (χ1) is 17.9. The molecule has 5 rings (SSSR count). The van der Waals surface area contributed by atoms with Crippen LogP contribution >= 0.6 is 11.6 Å². The quantitative estimate of drug-likeness (QED) is 0.276. The van der Waals surface area contributed by atoms with Crippen molar-refractivity contribution >= 4 is 21.6 Å². The van der Waals surface area contributed by atoms with Crippen LogP contribution in [-0.2, 0) is 23.0 Å². The van der Waals surface area contributed by atoms with E-state index in [2.05, 4.69) is 54.3 Å². The van der Waals surface area contributed by atoms with Gasteiger partial charge in [-0.05, 0) is 54.3 Å². The van der Waals surface area contributed by atoms with E-state index in [1.165, 1.54) is 11.1 Å². The van der Waals surface area contributed by atoms with E-state index >= 15 is 0 Å². The van der Waals surface area contributed by atoms with Gasteiger partial charge in [0.15, 0.2) is 0 Å². The monoisotopic (exact) mass is 530 g/mol. The number of aryl methyl sites for hydroxylation is 1. The molecule has 0 aliphatic carbocycles. The molecule has 1 fully saturated rings. The van der Waals surface area contributed by atoms with Crippen molar-refractivity contribution in [3.63, 3.8) is 0 Å². The highest BCUT2D eigenvalue weighted by atomic mass is 35.5. The Balaban J connectivity index is 1.35. The zero-order valence-electron chi connectivity index (χ0n) is 20.9. The van der Waals surface area contributed by atoms with Gasteiger partial charge in [0, 0.05) is 42.8 Å². The summed E-state index contributed by atoms with van der Waals surface area (Å²) in [6.07, 6.45) is 0.675. The van der Waals surface area contributed by atoms with Crippen LogP contribution < -0.4 is 0 Å². The molecule has 4 aromatic rings. The molecule has 0 bridgehead atoms. The van der Waals surface area contributed by atoms with Gasteiger partial charge in [-0.25, -0.2) is 8.42 Å². The summed E-state index contributed by atoms with van der Waals surface area (Å²) in [5, 5.41) is 0.748. The second-order valence-corrected chi connectivity index (χ2v) is 12.0. The highest BCUT2D eigenvalue weighted by Crippen LogP contribution is 2.30. The van der Waals surface area contributed by atoms with E-state index in [1.54, 1.807) is 28.6 Å². The first-order valence-corrected chi connectivity index (χ1v) is 14.4. The van der Waals surface area contributed by atoms with E-state index in [1.807, 2.05) is 36.4 Å². The van der Waals surface area contributed by atoms with Gasteiger partial charge in [-0.15, -0.1) is 0 Å². The summed E-state index contributed by atoms with van der Waals surface area (Å²) in [6.45, 7) is 4.66. The molecule has 1 aliphatic rings. The molecule has 0 unspecified atom stereocenters. The van der Waals surface area contributed by atoms with E-state index in [9.17, 15) is 8.42 Å². The SMILES string of the molecule is Cc1ccc(Cl)c(-c2ccc(CN3CCN(S(=O)(=O)c4ccccc4)[C@@H](Cc4ccccc4)C3)cc2)c1. The summed E-state index contributed by atoms with van der Waals surface area (Å²) in [5.41, 5.74) is 5.65. The predicted molar refractivity (Wildman–Crippen MR) is 151 cm³/mol. The fraction of sp³-hybridized carbons (Fsp3) is 0.226. The number of nitrogens with zero attached hydrogens (tertiary/aromatic N) is 2. The van der Waals surface area contributed by atoms with Crippen molar-refractivity contribution in [1.29, 1.82) is 0 Å². The Labute approximate surface area is 225 Å². The molecule has 6 heteroatoms. The Bertz CT molecular complexity index is 1440. The molecule has 0 N–H and O–H groups in total. The molecule has 1 atom stereocenters. The Kier molecular flexibility index (Phi) is 7.77. The van der Waals surface area contributed by atoms with Gasteiger partial charge in [0.25, 0.3) is 0 Å². The smallest absolute Gasteiger partial charge is 0.243 e. The third kappa shape index (κ3) is 5.97. The number of halogens is 1. The molecule has 4 aromatic carbocycles. The van der Waals surface area contributed by atoms with Crippen molar-refractivity contribution in [3.8, 4) is 11.1 Å². The van der Waals surface area contributed by atoms with Crippen LogP contribution in [0.2, 0.25) is 5.02 Å². The summed E-state index contributed by atoms with van der Waals surface area (Å²) in [6, 6.07) is 33.4. The molecular formula is C31H31ClN2O2S. The zero-order valence-corrected chi connectivity index (χ0v) is 22.5. The van der Waals surface area contributed by atoms with Crippen LogP contribution in [0.25, 0.3) is 11.1 Å². The highest BCUT2D eigenvalue weighted by Gasteiger charge is 2.36. The summed E-state index contributed by atoms with van der Waals surface area (Å²) in [4.78, 5) is 2.71. The van der Waals surface area contributed by atoms with E-state index in [0.29, 0.717) is 31.0 Å². The Morgan fingerprint density at radius 1 is 0.811 bits per heavy atom. The highest BCUT2D eigenvalue weighted by molar-refractivity contribution is 7.89. The van der Waals surface area contributed by atoms with Gasteiger partial charge in [0.1, 0.15) is 0 Å². The van der Waals surface area contributed by atoms with Crippen LogP contribution in [0.5, 0.6) is 0 Å². The van der Waals surface area contributed by atoms with E-state index in [-0.39, 0.29) is 6.04 Å². The summed E-state index contributed by atoms with van der Waals surface area (Å²) < 4.78 is 28.8. The normalized spacial score (nSPS) is 17.1. The first kappa shape index (κ1) is 25.7. The minimum Gasteiger partial charge on any atom is -0.296 e. The average Bonchev–Trinajstić information content (AvgIpc) is 2.92. The van der Waals surface area contributed by atoms with Gasteiger partial charge >= 0.3 is 0 Å². The summed E-state index contributed by atoms with van der Waals surface area (Å²) >= 11 is 6.44. The predicted octanol–water partition coefficient (Wildman–Crippen LogP) is 6.43. The number of benzene rings is 4. The van der Waals surface area contributed by atoms with Gasteiger partial charge in [0.2, 0.25) is 10.0 Å². The second-order valence-electron chi connectivity index (χ2n) is 9.69. The molecule has 1 saturated heterocycles. The van der Waals surface area contributed by atoms with Crippen LogP contribution in [0.15, 0.2) is 108 Å². The molecule has 0 spiro atoms. The Hall–Kier alpha value is -2.96. The standard InChI is InChI=1S/C31H31ClN2O2S/c1-24-12-17-31(32)30(20-24)27-15-13-26(14-16-27)22-33-18-19-34(37(35,36)29-10-6-3-7-11-29)28(23-33)21-25-8-4-2-5-9-25/h2-17,20,28H,18-19,21-23H2,1H3/t28-/m0/s1. The second kappa shape index (κ2) is 11.2. The van der Waals surface area contributed by atoms with Crippen LogP contribution in [0.3, 0.4) is 0 Å². The zero-order chi connectivity index (χ0) is 25.8. The van der Waals surface area contributed by atoms with Crippen LogP contribution in [0, 0.1) is 6.92 Å². The number of piperazine rings is 1. The van der Waals surface area contributed by atoms with E-state index in [4.69, 9.17) is 11.6 Å². The first-order valence-electron chi connectivity index (χ1n) is 12.6. The van der Waals surface area contributed by atoms with Gasteiger partial charge in [-0.3, -0.25) is 4.90 Å². The maximum Gasteiger partial charge on any atom is 0.243 e. The lowest BCUT2D eigenvalue weighted by Crippen LogP contribution is -2.55. The van der Waals surface area contributed by atoms with Crippen molar-refractivity contribution in [1.82, 2.24) is 9.21 Å².